The van der Waals surface area contributed by atoms with Gasteiger partial charge in [-0.1, -0.05) is 0 Å². The second-order valence-corrected chi connectivity index (χ2v) is 5.72. The van der Waals surface area contributed by atoms with Crippen molar-refractivity contribution in [3.8, 4) is 0 Å². The molecule has 0 unspecified atom stereocenters. The molecule has 1 aliphatic heterocycles. The molecule has 0 spiro atoms. The zero-order valence-corrected chi connectivity index (χ0v) is 14.7. The number of nitrogens with two attached hydrogens (primary N) is 1. The van der Waals surface area contributed by atoms with Crippen LogP contribution in [0.5, 0.6) is 0 Å². The molecular formula is C16H18F3N7O. The molecule has 1 atom stereocenters. The van der Waals surface area contributed by atoms with Gasteiger partial charge < -0.3 is 10.6 Å². The van der Waals surface area contributed by atoms with Crippen LogP contribution in [0.2, 0.25) is 0 Å². The van der Waals surface area contributed by atoms with Gasteiger partial charge in [-0.2, -0.15) is 13.2 Å². The summed E-state index contributed by atoms with van der Waals surface area (Å²) >= 11 is 0. The molecule has 3 N–H and O–H groups in total. The van der Waals surface area contributed by atoms with E-state index in [9.17, 15) is 18.0 Å². The van der Waals surface area contributed by atoms with Crippen LogP contribution < -0.4 is 5.73 Å². The van der Waals surface area contributed by atoms with Crippen molar-refractivity contribution in [1.82, 2.24) is 14.9 Å². The molecule has 0 saturated heterocycles. The molecule has 8 nitrogen and oxygen atoms in total. The number of carbonyl (C=O) groups is 1. The number of rotatable bonds is 2. The van der Waals surface area contributed by atoms with Crippen molar-refractivity contribution in [3.63, 3.8) is 0 Å². The van der Waals surface area contributed by atoms with Gasteiger partial charge in [0.2, 0.25) is 5.84 Å². The molecule has 144 valence electrons. The maximum atomic E-state index is 12.9. The lowest BCUT2D eigenvalue weighted by atomic mass is 9.94. The summed E-state index contributed by atoms with van der Waals surface area (Å²) in [4.78, 5) is 28.1. The molecule has 0 aromatic carbocycles. The number of hydrogen-bond acceptors (Lipinski definition) is 6. The average molecular weight is 381 g/mol. The largest absolute Gasteiger partial charge is 0.434 e. The summed E-state index contributed by atoms with van der Waals surface area (Å²) in [6.45, 7) is 4.99. The number of amides is 1. The van der Waals surface area contributed by atoms with E-state index in [1.165, 1.54) is 18.1 Å². The minimum absolute atomic E-state index is 0.0576. The molecule has 0 radical (unpaired) electrons. The van der Waals surface area contributed by atoms with Crippen molar-refractivity contribution in [3.05, 3.63) is 35.1 Å². The van der Waals surface area contributed by atoms with Gasteiger partial charge in [0, 0.05) is 24.9 Å². The quantitative estimate of drug-likeness (QED) is 0.594. The summed E-state index contributed by atoms with van der Waals surface area (Å²) in [5.74, 6) is -1.14. The highest BCUT2D eigenvalue weighted by Crippen LogP contribution is 2.28. The highest BCUT2D eigenvalue weighted by atomic mass is 19.4. The van der Waals surface area contributed by atoms with E-state index in [1.807, 2.05) is 0 Å². The Labute approximate surface area is 153 Å². The van der Waals surface area contributed by atoms with Gasteiger partial charge in [0.1, 0.15) is 5.69 Å². The monoisotopic (exact) mass is 381 g/mol. The first-order chi connectivity index (χ1) is 12.6. The van der Waals surface area contributed by atoms with E-state index in [2.05, 4.69) is 26.7 Å². The lowest BCUT2D eigenvalue weighted by Gasteiger charge is -2.35. The summed E-state index contributed by atoms with van der Waals surface area (Å²) in [6, 6.07) is -0.598. The predicted octanol–water partition coefficient (Wildman–Crippen LogP) is 1.43. The third-order valence-corrected chi connectivity index (χ3v) is 4.17. The van der Waals surface area contributed by atoms with Gasteiger partial charge in [-0.3, -0.25) is 20.2 Å². The molecule has 1 aromatic heterocycles. The van der Waals surface area contributed by atoms with Gasteiger partial charge in [0.05, 0.1) is 24.1 Å². The number of carbonyl (C=O) groups excluding carboxylic acids is 1. The first-order valence-corrected chi connectivity index (χ1v) is 7.83. The fraction of sp³-hybridized carbons (Fsp3) is 0.375. The van der Waals surface area contributed by atoms with Crippen molar-refractivity contribution >= 4 is 24.2 Å². The van der Waals surface area contributed by atoms with Crippen molar-refractivity contribution in [1.29, 1.82) is 5.41 Å². The number of aromatic nitrogens is 2. The lowest BCUT2D eigenvalue weighted by molar-refractivity contribution is -0.141. The highest BCUT2D eigenvalue weighted by molar-refractivity contribution is 6.37. The molecule has 11 heteroatoms. The number of alkyl halides is 3. The minimum atomic E-state index is -4.64. The van der Waals surface area contributed by atoms with Gasteiger partial charge in [-0.05, 0) is 20.1 Å². The number of halogens is 3. The van der Waals surface area contributed by atoms with Gasteiger partial charge >= 0.3 is 6.18 Å². The third kappa shape index (κ3) is 4.01. The Hall–Kier alpha value is -3.11. The summed E-state index contributed by atoms with van der Waals surface area (Å²) in [5, 5.41) is 7.50. The van der Waals surface area contributed by atoms with Gasteiger partial charge in [-0.25, -0.2) is 9.98 Å². The van der Waals surface area contributed by atoms with E-state index in [4.69, 9.17) is 11.1 Å². The van der Waals surface area contributed by atoms with E-state index >= 15 is 0 Å². The molecule has 0 fully saturated rings. The molecule has 2 rings (SSSR count). The third-order valence-electron chi connectivity index (χ3n) is 4.17. The highest BCUT2D eigenvalue weighted by Gasteiger charge is 2.35. The van der Waals surface area contributed by atoms with Crippen molar-refractivity contribution in [2.75, 3.05) is 13.6 Å². The zero-order valence-electron chi connectivity index (χ0n) is 14.7. The normalized spacial score (nSPS) is 18.5. The molecule has 0 saturated carbocycles. The SMILES string of the molecule is C=NC(=N)C(=O)N1CCC(C(=NC)c2cncc(C(F)(F)F)n2)=C(N)[C@@H]1C. The Morgan fingerprint density at radius 3 is 2.67 bits per heavy atom. The Kier molecular flexibility index (Phi) is 5.72. The number of nitrogens with one attached hydrogen (secondary N) is 1. The standard InChI is InChI=1S/C16H18F3N7O/c1-8-12(20)9(4-5-26(8)15(27)14(21)23-3)13(22-2)10-6-24-7-11(25-10)16(17,18)19/h6-8,21H,3-5,20H2,1-2H3/t8-/m0/s1. The van der Waals surface area contributed by atoms with Crippen LogP contribution in [0.1, 0.15) is 24.7 Å². The fourth-order valence-corrected chi connectivity index (χ4v) is 2.75. The molecule has 1 aliphatic rings. The zero-order chi connectivity index (χ0) is 20.4. The van der Waals surface area contributed by atoms with E-state index < -0.39 is 29.7 Å². The van der Waals surface area contributed by atoms with Crippen molar-refractivity contribution in [2.45, 2.75) is 25.6 Å². The predicted molar refractivity (Wildman–Crippen MR) is 93.8 cm³/mol. The van der Waals surface area contributed by atoms with Gasteiger partial charge in [0.15, 0.2) is 5.69 Å². The second-order valence-electron chi connectivity index (χ2n) is 5.72. The van der Waals surface area contributed by atoms with Crippen LogP contribution in [-0.4, -0.2) is 58.7 Å². The summed E-state index contributed by atoms with van der Waals surface area (Å²) in [5.41, 5.74) is 5.88. The topological polar surface area (TPSA) is 121 Å². The van der Waals surface area contributed by atoms with E-state index in [0.717, 1.165) is 0 Å². The fourth-order valence-electron chi connectivity index (χ4n) is 2.75. The minimum Gasteiger partial charge on any atom is -0.400 e. The Balaban J connectivity index is 2.42. The number of amidine groups is 1. The van der Waals surface area contributed by atoms with Crippen LogP contribution in [0.4, 0.5) is 13.2 Å². The van der Waals surface area contributed by atoms with E-state index in [1.54, 1.807) is 6.92 Å². The van der Waals surface area contributed by atoms with E-state index in [-0.39, 0.29) is 30.1 Å². The maximum Gasteiger partial charge on any atom is 0.434 e. The van der Waals surface area contributed by atoms with Crippen LogP contribution in [-0.2, 0) is 11.0 Å². The smallest absolute Gasteiger partial charge is 0.400 e. The summed E-state index contributed by atoms with van der Waals surface area (Å²) < 4.78 is 38.7. The molecular weight excluding hydrogens is 363 g/mol. The van der Waals surface area contributed by atoms with Crippen LogP contribution in [0, 0.1) is 5.41 Å². The first-order valence-electron chi connectivity index (χ1n) is 7.83. The number of hydrogen-bond donors (Lipinski definition) is 2. The Morgan fingerprint density at radius 2 is 2.11 bits per heavy atom. The summed E-state index contributed by atoms with van der Waals surface area (Å²) in [7, 11) is 1.41. The number of nitrogens with zero attached hydrogens (tertiary/aromatic N) is 5. The first kappa shape index (κ1) is 20.2. The molecule has 1 amide bonds. The van der Waals surface area contributed by atoms with Crippen LogP contribution in [0.25, 0.3) is 0 Å². The Bertz CT molecular complexity index is 845. The van der Waals surface area contributed by atoms with Crippen molar-refractivity contribution < 1.29 is 18.0 Å². The van der Waals surface area contributed by atoms with Crippen LogP contribution in [0.3, 0.4) is 0 Å². The van der Waals surface area contributed by atoms with Crippen molar-refractivity contribution in [2.24, 2.45) is 15.7 Å². The van der Waals surface area contributed by atoms with Crippen LogP contribution >= 0.6 is 0 Å². The molecule has 27 heavy (non-hydrogen) atoms. The maximum absolute atomic E-state index is 12.9. The van der Waals surface area contributed by atoms with Crippen LogP contribution in [0.15, 0.2) is 33.6 Å². The molecule has 2 heterocycles. The number of aliphatic imine (C=N–C) groups is 2. The Morgan fingerprint density at radius 1 is 1.44 bits per heavy atom. The second kappa shape index (κ2) is 7.64. The molecule has 0 aliphatic carbocycles. The molecule has 1 aromatic rings. The molecule has 0 bridgehead atoms. The summed E-state index contributed by atoms with van der Waals surface area (Å²) in [6.07, 6.45) is -2.59. The lowest BCUT2D eigenvalue weighted by Crippen LogP contribution is -2.48. The van der Waals surface area contributed by atoms with E-state index in [0.29, 0.717) is 11.8 Å². The average Bonchev–Trinajstić information content (AvgIpc) is 2.64. The van der Waals surface area contributed by atoms with Gasteiger partial charge in [0.25, 0.3) is 5.91 Å². The van der Waals surface area contributed by atoms with Gasteiger partial charge in [-0.15, -0.1) is 0 Å².